The Bertz CT molecular complexity index is 1640. The van der Waals surface area contributed by atoms with Gasteiger partial charge >= 0.3 is 5.97 Å². The van der Waals surface area contributed by atoms with Gasteiger partial charge in [0.25, 0.3) is 0 Å². The molecule has 3 saturated carbocycles. The van der Waals surface area contributed by atoms with Gasteiger partial charge < -0.3 is 39.2 Å². The Balaban J connectivity index is 1.32. The fourth-order valence-electron chi connectivity index (χ4n) is 6.71. The molecule has 3 aliphatic rings. The Hall–Kier alpha value is -3.31. The van der Waals surface area contributed by atoms with Crippen LogP contribution in [0.15, 0.2) is 24.7 Å². The predicted molar refractivity (Wildman–Crippen MR) is 161 cm³/mol. The standard InChI is InChI=1S/C30H36ClFN6O8/c31-17-5-21-25(36-37-27(21)33-6-17)28-34-7-22-23(32)8-38(29(22)35-28)26-16-3-1-15(2-4-16)24(26)30(43)46-20(13-44-18(9-39)10-40)14-45-19(11-41)12-42/h5-8,15-16,18-20,24,26,39-42H,1-4,9-14H2,(H,33,36,37)/t15?,16?,24-,26-/m0/s1. The number of aliphatic hydroxyl groups excluding tert-OH is 4. The highest BCUT2D eigenvalue weighted by atomic mass is 35.5. The highest BCUT2D eigenvalue weighted by molar-refractivity contribution is 6.31. The summed E-state index contributed by atoms with van der Waals surface area (Å²) in [7, 11) is 0. The zero-order valence-corrected chi connectivity index (χ0v) is 25.6. The highest BCUT2D eigenvalue weighted by Gasteiger charge is 2.50. The topological polar surface area (TPSA) is 198 Å². The third-order valence-corrected chi connectivity index (χ3v) is 9.23. The number of carbonyl (C=O) groups is 1. The average Bonchev–Trinajstić information content (AvgIpc) is 3.65. The molecule has 0 radical (unpaired) electrons. The molecule has 0 unspecified atom stereocenters. The quantitative estimate of drug-likeness (QED) is 0.123. The van der Waals surface area contributed by atoms with Crippen LogP contribution in [0.4, 0.5) is 4.39 Å². The van der Waals surface area contributed by atoms with Crippen molar-refractivity contribution in [2.24, 2.45) is 17.8 Å². The normalized spacial score (nSPS) is 21.4. The van der Waals surface area contributed by atoms with Gasteiger partial charge in [-0.2, -0.15) is 5.10 Å². The summed E-state index contributed by atoms with van der Waals surface area (Å²) >= 11 is 6.18. The van der Waals surface area contributed by atoms with E-state index in [2.05, 4.69) is 20.2 Å². The number of aromatic nitrogens is 6. The molecule has 5 N–H and O–H groups in total. The molecule has 7 rings (SSSR count). The Kier molecular flexibility index (Phi) is 10.1. The van der Waals surface area contributed by atoms with Crippen molar-refractivity contribution in [3.05, 3.63) is 35.5 Å². The van der Waals surface area contributed by atoms with E-state index in [0.717, 1.165) is 25.7 Å². The second-order valence-corrected chi connectivity index (χ2v) is 12.3. The van der Waals surface area contributed by atoms with E-state index in [1.165, 1.54) is 18.6 Å². The molecule has 4 heterocycles. The molecule has 0 aromatic carbocycles. The lowest BCUT2D eigenvalue weighted by atomic mass is 9.61. The average molecular weight is 663 g/mol. The number of rotatable bonds is 14. The fourth-order valence-corrected chi connectivity index (χ4v) is 6.86. The van der Waals surface area contributed by atoms with Crippen LogP contribution in [-0.4, -0.2) is 114 Å². The lowest BCUT2D eigenvalue weighted by Crippen LogP contribution is -2.47. The van der Waals surface area contributed by atoms with Gasteiger partial charge in [-0.05, 0) is 43.6 Å². The third kappa shape index (κ3) is 6.45. The van der Waals surface area contributed by atoms with Gasteiger partial charge in [0.05, 0.1) is 67.4 Å². The lowest BCUT2D eigenvalue weighted by molar-refractivity contribution is -0.175. The van der Waals surface area contributed by atoms with E-state index in [9.17, 15) is 25.2 Å². The maximum absolute atomic E-state index is 15.4. The summed E-state index contributed by atoms with van der Waals surface area (Å²) < 4.78 is 34.2. The van der Waals surface area contributed by atoms with Crippen molar-refractivity contribution in [3.8, 4) is 11.5 Å². The van der Waals surface area contributed by atoms with Gasteiger partial charge in [0, 0.05) is 18.6 Å². The largest absolute Gasteiger partial charge is 0.457 e. The molecule has 0 amide bonds. The number of nitrogens with zero attached hydrogens (tertiary/aromatic N) is 5. The van der Waals surface area contributed by atoms with Gasteiger partial charge in [-0.15, -0.1) is 0 Å². The molecule has 2 atom stereocenters. The molecule has 4 aromatic rings. The minimum atomic E-state index is -0.976. The van der Waals surface area contributed by atoms with Crippen LogP contribution in [0.2, 0.25) is 5.02 Å². The van der Waals surface area contributed by atoms with Crippen molar-refractivity contribution in [2.45, 2.75) is 50.0 Å². The van der Waals surface area contributed by atoms with Crippen LogP contribution in [0.25, 0.3) is 33.6 Å². The van der Waals surface area contributed by atoms with Gasteiger partial charge in [-0.25, -0.2) is 19.3 Å². The van der Waals surface area contributed by atoms with Crippen molar-refractivity contribution in [1.29, 1.82) is 0 Å². The highest BCUT2D eigenvalue weighted by Crippen LogP contribution is 2.52. The monoisotopic (exact) mass is 662 g/mol. The van der Waals surface area contributed by atoms with Crippen molar-refractivity contribution in [1.82, 2.24) is 29.7 Å². The lowest BCUT2D eigenvalue weighted by Gasteiger charge is -2.48. The summed E-state index contributed by atoms with van der Waals surface area (Å²) in [5.41, 5.74) is 1.21. The van der Waals surface area contributed by atoms with E-state index < -0.39 is 68.5 Å². The van der Waals surface area contributed by atoms with Crippen LogP contribution in [0, 0.1) is 23.6 Å². The minimum Gasteiger partial charge on any atom is -0.457 e. The Labute approximate surface area is 267 Å². The summed E-state index contributed by atoms with van der Waals surface area (Å²) in [6, 6.07) is 1.23. The summed E-state index contributed by atoms with van der Waals surface area (Å²) in [6.07, 6.45) is 4.81. The molecule has 0 aliphatic heterocycles. The number of ether oxygens (including phenoxy) is 3. The molecule has 16 heteroatoms. The van der Waals surface area contributed by atoms with Crippen LogP contribution < -0.4 is 0 Å². The van der Waals surface area contributed by atoms with E-state index in [-0.39, 0.29) is 36.3 Å². The fraction of sp³-hybridized carbons (Fsp3) is 0.567. The van der Waals surface area contributed by atoms with Gasteiger partial charge in [-0.3, -0.25) is 9.89 Å². The first-order valence-corrected chi connectivity index (χ1v) is 15.6. The second-order valence-electron chi connectivity index (χ2n) is 11.8. The zero-order valence-electron chi connectivity index (χ0n) is 24.8. The Morgan fingerprint density at radius 3 is 2.26 bits per heavy atom. The van der Waals surface area contributed by atoms with E-state index in [0.29, 0.717) is 27.4 Å². The molecule has 0 saturated heterocycles. The molecule has 248 valence electrons. The van der Waals surface area contributed by atoms with Crippen molar-refractivity contribution in [2.75, 3.05) is 39.6 Å². The number of pyridine rings is 1. The number of hydrogen-bond donors (Lipinski definition) is 5. The van der Waals surface area contributed by atoms with E-state index >= 15 is 4.39 Å². The summed E-state index contributed by atoms with van der Waals surface area (Å²) in [5, 5.41) is 46.1. The Morgan fingerprint density at radius 1 is 0.957 bits per heavy atom. The molecular formula is C30H36ClFN6O8. The number of aliphatic hydroxyl groups is 4. The number of esters is 1. The number of fused-ring (bicyclic) bond motifs is 5. The number of H-pyrrole nitrogens is 1. The number of aromatic amines is 1. The molecule has 0 spiro atoms. The first kappa shape index (κ1) is 32.6. The van der Waals surface area contributed by atoms with Crippen LogP contribution in [0.3, 0.4) is 0 Å². The molecule has 3 fully saturated rings. The maximum Gasteiger partial charge on any atom is 0.311 e. The number of carbonyl (C=O) groups excluding carboxylic acids is 1. The first-order chi connectivity index (χ1) is 22.3. The van der Waals surface area contributed by atoms with Crippen molar-refractivity contribution in [3.63, 3.8) is 0 Å². The smallest absolute Gasteiger partial charge is 0.311 e. The third-order valence-electron chi connectivity index (χ3n) is 9.02. The zero-order chi connectivity index (χ0) is 32.4. The van der Waals surface area contributed by atoms with Crippen LogP contribution in [0.5, 0.6) is 0 Å². The van der Waals surface area contributed by atoms with Crippen molar-refractivity contribution >= 4 is 39.6 Å². The molecule has 3 aliphatic carbocycles. The second kappa shape index (κ2) is 14.2. The maximum atomic E-state index is 15.4. The van der Waals surface area contributed by atoms with Crippen molar-refractivity contribution < 1.29 is 43.8 Å². The van der Waals surface area contributed by atoms with Crippen LogP contribution in [-0.2, 0) is 19.0 Å². The van der Waals surface area contributed by atoms with E-state index in [1.54, 1.807) is 10.6 Å². The number of nitrogens with one attached hydrogen (secondary N) is 1. The van der Waals surface area contributed by atoms with E-state index in [1.807, 2.05) is 0 Å². The van der Waals surface area contributed by atoms with E-state index in [4.69, 9.17) is 30.8 Å². The van der Waals surface area contributed by atoms with Crippen LogP contribution >= 0.6 is 11.6 Å². The van der Waals surface area contributed by atoms with Gasteiger partial charge in [0.2, 0.25) is 0 Å². The Morgan fingerprint density at radius 2 is 1.61 bits per heavy atom. The predicted octanol–water partition coefficient (Wildman–Crippen LogP) is 1.79. The number of halogens is 2. The molecule has 4 aromatic heterocycles. The van der Waals surface area contributed by atoms with Gasteiger partial charge in [0.15, 0.2) is 17.3 Å². The number of hydrogen-bond acceptors (Lipinski definition) is 12. The van der Waals surface area contributed by atoms with Gasteiger partial charge in [-0.1, -0.05) is 11.6 Å². The SMILES string of the molecule is O=C(OC(COC(CO)CO)COC(CO)CO)[C@H]1C2CCC(CC2)[C@@H]1n1cc(F)c2cnc(-c3[nH]nc4ncc(Cl)cc34)nc21. The molecule has 14 nitrogen and oxygen atoms in total. The molecule has 46 heavy (non-hydrogen) atoms. The van der Waals surface area contributed by atoms with Gasteiger partial charge in [0.1, 0.15) is 29.7 Å². The first-order valence-electron chi connectivity index (χ1n) is 15.2. The molecular weight excluding hydrogens is 627 g/mol. The van der Waals surface area contributed by atoms with Crippen LogP contribution in [0.1, 0.15) is 31.7 Å². The summed E-state index contributed by atoms with van der Waals surface area (Å²) in [4.78, 5) is 27.4. The summed E-state index contributed by atoms with van der Waals surface area (Å²) in [6.45, 7) is -2.21. The minimum absolute atomic E-state index is 0.0261. The molecule has 2 bridgehead atoms. The summed E-state index contributed by atoms with van der Waals surface area (Å²) in [5.74, 6) is -1.40.